The molecule has 2 aromatic rings. The van der Waals surface area contributed by atoms with E-state index in [4.69, 9.17) is 0 Å². The molecule has 0 bridgehead atoms. The van der Waals surface area contributed by atoms with E-state index >= 15 is 0 Å². The highest BCUT2D eigenvalue weighted by Gasteiger charge is 1.96. The van der Waals surface area contributed by atoms with Gasteiger partial charge >= 0.3 is 0 Å². The predicted octanol–water partition coefficient (Wildman–Crippen LogP) is 1.39. The Hall–Kier alpha value is -2.10. The van der Waals surface area contributed by atoms with Crippen molar-refractivity contribution < 1.29 is 0 Å². The van der Waals surface area contributed by atoms with E-state index in [1.807, 2.05) is 18.2 Å². The summed E-state index contributed by atoms with van der Waals surface area (Å²) in [4.78, 5) is 15.4. The first-order valence-corrected chi connectivity index (χ1v) is 5.06. The molecular formula is C12H13N3O. The summed E-state index contributed by atoms with van der Waals surface area (Å²) < 4.78 is 1.54. The molecule has 0 radical (unpaired) electrons. The van der Waals surface area contributed by atoms with Gasteiger partial charge < -0.3 is 9.88 Å². The normalized spacial score (nSPS) is 10.1. The third-order valence-electron chi connectivity index (χ3n) is 2.29. The molecule has 1 N–H and O–H groups in total. The molecule has 16 heavy (non-hydrogen) atoms. The first-order valence-electron chi connectivity index (χ1n) is 5.06. The van der Waals surface area contributed by atoms with E-state index in [0.29, 0.717) is 6.54 Å². The first kappa shape index (κ1) is 10.4. The van der Waals surface area contributed by atoms with Crippen LogP contribution in [0.25, 0.3) is 0 Å². The average Bonchev–Trinajstić information content (AvgIpc) is 2.32. The van der Waals surface area contributed by atoms with Crippen molar-refractivity contribution in [3.8, 4) is 0 Å². The van der Waals surface area contributed by atoms with Gasteiger partial charge in [-0.15, -0.1) is 0 Å². The molecule has 2 aromatic heterocycles. The van der Waals surface area contributed by atoms with E-state index in [-0.39, 0.29) is 5.56 Å². The van der Waals surface area contributed by atoms with Gasteiger partial charge in [-0.3, -0.25) is 9.78 Å². The molecule has 0 amide bonds. The molecule has 0 fully saturated rings. The lowest BCUT2D eigenvalue weighted by Crippen LogP contribution is -2.15. The summed E-state index contributed by atoms with van der Waals surface area (Å²) in [5.74, 6) is 0. The summed E-state index contributed by atoms with van der Waals surface area (Å²) in [5.41, 5.74) is 1.87. The minimum Gasteiger partial charge on any atom is -0.378 e. The van der Waals surface area contributed by atoms with Crippen molar-refractivity contribution in [2.75, 3.05) is 5.32 Å². The summed E-state index contributed by atoms with van der Waals surface area (Å²) in [6.07, 6.45) is 3.53. The number of rotatable bonds is 3. The molecular weight excluding hydrogens is 202 g/mol. The van der Waals surface area contributed by atoms with Crippen LogP contribution in [0.4, 0.5) is 5.69 Å². The number of anilines is 1. The number of nitrogens with one attached hydrogen (secondary N) is 1. The second kappa shape index (κ2) is 4.61. The molecule has 2 rings (SSSR count). The fourth-order valence-corrected chi connectivity index (χ4v) is 1.39. The zero-order chi connectivity index (χ0) is 11.4. The van der Waals surface area contributed by atoms with Crippen molar-refractivity contribution in [1.82, 2.24) is 9.55 Å². The molecule has 2 heterocycles. The molecule has 0 spiro atoms. The molecule has 0 aliphatic carbocycles. The van der Waals surface area contributed by atoms with E-state index in [0.717, 1.165) is 11.4 Å². The van der Waals surface area contributed by atoms with Gasteiger partial charge in [0, 0.05) is 25.5 Å². The molecule has 4 heteroatoms. The Balaban J connectivity index is 2.05. The lowest BCUT2D eigenvalue weighted by molar-refractivity contribution is 0.858. The van der Waals surface area contributed by atoms with Gasteiger partial charge in [0.1, 0.15) is 0 Å². The molecule has 0 aromatic carbocycles. The van der Waals surface area contributed by atoms with Gasteiger partial charge in [-0.1, -0.05) is 6.07 Å². The number of pyridine rings is 2. The molecule has 0 unspecified atom stereocenters. The zero-order valence-electron chi connectivity index (χ0n) is 9.05. The van der Waals surface area contributed by atoms with Crippen LogP contribution in [0.2, 0.25) is 0 Å². The molecule has 0 saturated carbocycles. The lowest BCUT2D eigenvalue weighted by atomic mass is 10.3. The minimum atomic E-state index is -0.0108. The fourth-order valence-electron chi connectivity index (χ4n) is 1.39. The highest BCUT2D eigenvalue weighted by molar-refractivity contribution is 5.40. The van der Waals surface area contributed by atoms with Crippen molar-refractivity contribution in [1.29, 1.82) is 0 Å². The van der Waals surface area contributed by atoms with Gasteiger partial charge in [-0.25, -0.2) is 0 Å². The third-order valence-corrected chi connectivity index (χ3v) is 2.29. The molecule has 0 aliphatic rings. The van der Waals surface area contributed by atoms with E-state index in [2.05, 4.69) is 10.3 Å². The minimum absolute atomic E-state index is 0.0108. The Labute approximate surface area is 93.6 Å². The van der Waals surface area contributed by atoms with Crippen LogP contribution in [0.5, 0.6) is 0 Å². The third kappa shape index (κ3) is 2.48. The van der Waals surface area contributed by atoms with E-state index < -0.39 is 0 Å². The molecule has 0 atom stereocenters. The van der Waals surface area contributed by atoms with Crippen LogP contribution in [0, 0.1) is 0 Å². The van der Waals surface area contributed by atoms with Crippen LogP contribution in [0.15, 0.2) is 47.5 Å². The van der Waals surface area contributed by atoms with Crippen LogP contribution in [0.3, 0.4) is 0 Å². The Morgan fingerprint density at radius 3 is 2.88 bits per heavy atom. The van der Waals surface area contributed by atoms with Gasteiger partial charge in [0.15, 0.2) is 0 Å². The predicted molar refractivity (Wildman–Crippen MR) is 63.2 cm³/mol. The van der Waals surface area contributed by atoms with E-state index in [1.54, 1.807) is 36.1 Å². The summed E-state index contributed by atoms with van der Waals surface area (Å²) in [6, 6.07) is 9.10. The van der Waals surface area contributed by atoms with Crippen LogP contribution in [-0.2, 0) is 13.6 Å². The maximum Gasteiger partial charge on any atom is 0.250 e. The second-order valence-electron chi connectivity index (χ2n) is 3.54. The van der Waals surface area contributed by atoms with Crippen LogP contribution in [0.1, 0.15) is 5.69 Å². The number of aryl methyl sites for hydroxylation is 1. The average molecular weight is 215 g/mol. The SMILES string of the molecule is Cn1cc(NCc2ccccn2)ccc1=O. The standard InChI is InChI=1S/C12H13N3O/c1-15-9-11(5-6-12(15)16)14-8-10-4-2-3-7-13-10/h2-7,9,14H,8H2,1H3. The largest absolute Gasteiger partial charge is 0.378 e. The summed E-state index contributed by atoms with van der Waals surface area (Å²) in [6.45, 7) is 0.652. The van der Waals surface area contributed by atoms with Crippen molar-refractivity contribution >= 4 is 5.69 Å². The van der Waals surface area contributed by atoms with Crippen LogP contribution in [-0.4, -0.2) is 9.55 Å². The van der Waals surface area contributed by atoms with Crippen LogP contribution >= 0.6 is 0 Å². The Bertz CT molecular complexity index is 519. The van der Waals surface area contributed by atoms with Gasteiger partial charge in [0.05, 0.1) is 17.9 Å². The van der Waals surface area contributed by atoms with Crippen molar-refractivity contribution in [2.45, 2.75) is 6.54 Å². The van der Waals surface area contributed by atoms with Gasteiger partial charge in [0.25, 0.3) is 0 Å². The van der Waals surface area contributed by atoms with Crippen molar-refractivity contribution in [2.24, 2.45) is 7.05 Å². The molecule has 0 aliphatic heterocycles. The highest BCUT2D eigenvalue weighted by Crippen LogP contribution is 2.04. The fraction of sp³-hybridized carbons (Fsp3) is 0.167. The van der Waals surface area contributed by atoms with Crippen LogP contribution < -0.4 is 10.9 Å². The topological polar surface area (TPSA) is 46.9 Å². The van der Waals surface area contributed by atoms with Gasteiger partial charge in [-0.05, 0) is 18.2 Å². The lowest BCUT2D eigenvalue weighted by Gasteiger charge is -2.06. The summed E-state index contributed by atoms with van der Waals surface area (Å²) in [7, 11) is 1.73. The van der Waals surface area contributed by atoms with E-state index in [1.165, 1.54) is 0 Å². The molecule has 4 nitrogen and oxygen atoms in total. The molecule has 82 valence electrons. The van der Waals surface area contributed by atoms with E-state index in [9.17, 15) is 4.79 Å². The molecule has 0 saturated heterocycles. The second-order valence-corrected chi connectivity index (χ2v) is 3.54. The Kier molecular flexibility index (Phi) is 3.00. The Morgan fingerprint density at radius 1 is 1.31 bits per heavy atom. The smallest absolute Gasteiger partial charge is 0.250 e. The number of hydrogen-bond donors (Lipinski definition) is 1. The van der Waals surface area contributed by atoms with Crippen molar-refractivity contribution in [3.05, 3.63) is 58.8 Å². The summed E-state index contributed by atoms with van der Waals surface area (Å²) >= 11 is 0. The Morgan fingerprint density at radius 2 is 2.19 bits per heavy atom. The number of aromatic nitrogens is 2. The van der Waals surface area contributed by atoms with Crippen molar-refractivity contribution in [3.63, 3.8) is 0 Å². The van der Waals surface area contributed by atoms with Gasteiger partial charge in [-0.2, -0.15) is 0 Å². The maximum absolute atomic E-state index is 11.2. The van der Waals surface area contributed by atoms with Gasteiger partial charge in [0.2, 0.25) is 5.56 Å². The maximum atomic E-state index is 11.2. The first-order chi connectivity index (χ1) is 7.75. The quantitative estimate of drug-likeness (QED) is 0.841. The highest BCUT2D eigenvalue weighted by atomic mass is 16.1. The number of nitrogens with zero attached hydrogens (tertiary/aromatic N) is 2. The zero-order valence-corrected chi connectivity index (χ0v) is 9.05. The summed E-state index contributed by atoms with van der Waals surface area (Å²) in [5, 5.41) is 3.21. The number of hydrogen-bond acceptors (Lipinski definition) is 3. The monoisotopic (exact) mass is 215 g/mol.